The summed E-state index contributed by atoms with van der Waals surface area (Å²) in [6.07, 6.45) is 0. The van der Waals surface area contributed by atoms with E-state index >= 15 is 0 Å². The van der Waals surface area contributed by atoms with Crippen molar-refractivity contribution >= 4 is 44.6 Å². The van der Waals surface area contributed by atoms with Gasteiger partial charge in [0.25, 0.3) is 5.91 Å². The molecule has 3 N–H and O–H groups in total. The molecule has 1 aromatic carbocycles. The molecule has 3 nitrogen and oxygen atoms in total. The maximum Gasteiger partial charge on any atom is 0.263 e. The maximum atomic E-state index is 12.2. The first-order valence-corrected chi connectivity index (χ1v) is 7.38. The summed E-state index contributed by atoms with van der Waals surface area (Å²) in [5.41, 5.74) is 6.56. The summed E-state index contributed by atoms with van der Waals surface area (Å²) in [7, 11) is 0. The van der Waals surface area contributed by atoms with Gasteiger partial charge in [0.1, 0.15) is 4.88 Å². The third kappa shape index (κ3) is 2.85. The summed E-state index contributed by atoms with van der Waals surface area (Å²) in [5.74, 6) is 0.269. The predicted molar refractivity (Wildman–Crippen MR) is 83.0 cm³/mol. The number of nitrogens with two attached hydrogens (primary N) is 1. The average molecular weight is 297 g/mol. The van der Waals surface area contributed by atoms with E-state index in [1.54, 1.807) is 12.1 Å². The Labute approximate surface area is 121 Å². The summed E-state index contributed by atoms with van der Waals surface area (Å²) >= 11 is 7.35. The monoisotopic (exact) mass is 296 g/mol. The molecule has 0 saturated carbocycles. The van der Waals surface area contributed by atoms with Gasteiger partial charge in [0.2, 0.25) is 0 Å². The van der Waals surface area contributed by atoms with E-state index in [1.165, 1.54) is 11.3 Å². The minimum atomic E-state index is -0.115. The van der Waals surface area contributed by atoms with Crippen LogP contribution in [0, 0.1) is 5.92 Å². The first-order chi connectivity index (χ1) is 8.90. The molecular formula is C14H17ClN2OS. The number of rotatable bonds is 3. The molecule has 0 bridgehead atoms. The SMILES string of the molecule is CC(C)C(C)NC(=O)c1sc2ccc(Cl)cc2c1N. The molecule has 0 saturated heterocycles. The summed E-state index contributed by atoms with van der Waals surface area (Å²) in [6.45, 7) is 6.13. The zero-order valence-corrected chi connectivity index (χ0v) is 12.7. The van der Waals surface area contributed by atoms with E-state index < -0.39 is 0 Å². The second kappa shape index (κ2) is 5.39. The Kier molecular flexibility index (Phi) is 4.02. The third-order valence-electron chi connectivity index (χ3n) is 3.25. The van der Waals surface area contributed by atoms with Crippen LogP contribution in [-0.2, 0) is 0 Å². The number of benzene rings is 1. The van der Waals surface area contributed by atoms with Crippen LogP contribution < -0.4 is 11.1 Å². The van der Waals surface area contributed by atoms with Crippen molar-refractivity contribution in [1.29, 1.82) is 0 Å². The smallest absolute Gasteiger partial charge is 0.263 e. The van der Waals surface area contributed by atoms with Gasteiger partial charge in [-0.1, -0.05) is 25.4 Å². The molecule has 0 fully saturated rings. The lowest BCUT2D eigenvalue weighted by Crippen LogP contribution is -2.35. The molecule has 5 heteroatoms. The van der Waals surface area contributed by atoms with Crippen molar-refractivity contribution in [2.45, 2.75) is 26.8 Å². The number of carbonyl (C=O) groups excluding carboxylic acids is 1. The molecule has 19 heavy (non-hydrogen) atoms. The lowest BCUT2D eigenvalue weighted by Gasteiger charge is -2.16. The lowest BCUT2D eigenvalue weighted by molar-refractivity contribution is 0.0935. The Hall–Kier alpha value is -1.26. The molecule has 102 valence electrons. The molecular weight excluding hydrogens is 280 g/mol. The van der Waals surface area contributed by atoms with Crippen LogP contribution in [0.1, 0.15) is 30.4 Å². The number of fused-ring (bicyclic) bond motifs is 1. The highest BCUT2D eigenvalue weighted by Crippen LogP contribution is 2.35. The zero-order valence-electron chi connectivity index (χ0n) is 11.2. The normalized spacial score (nSPS) is 12.9. The van der Waals surface area contributed by atoms with E-state index in [1.807, 2.05) is 13.0 Å². The Morgan fingerprint density at radius 1 is 1.37 bits per heavy atom. The maximum absolute atomic E-state index is 12.2. The first kappa shape index (κ1) is 14.2. The van der Waals surface area contributed by atoms with Gasteiger partial charge >= 0.3 is 0 Å². The molecule has 0 aliphatic rings. The van der Waals surface area contributed by atoms with Crippen LogP contribution >= 0.6 is 22.9 Å². The van der Waals surface area contributed by atoms with Gasteiger partial charge < -0.3 is 11.1 Å². The van der Waals surface area contributed by atoms with Gasteiger partial charge in [-0.2, -0.15) is 0 Å². The molecule has 2 rings (SSSR count). The van der Waals surface area contributed by atoms with Crippen LogP contribution in [0.3, 0.4) is 0 Å². The Morgan fingerprint density at radius 2 is 2.05 bits per heavy atom. The van der Waals surface area contributed by atoms with Crippen molar-refractivity contribution in [1.82, 2.24) is 5.32 Å². The number of carbonyl (C=O) groups is 1. The quantitative estimate of drug-likeness (QED) is 0.902. The molecule has 0 radical (unpaired) electrons. The minimum Gasteiger partial charge on any atom is -0.397 e. The van der Waals surface area contributed by atoms with Crippen LogP contribution in [0.2, 0.25) is 5.02 Å². The van der Waals surface area contributed by atoms with Gasteiger partial charge in [0.05, 0.1) is 5.69 Å². The average Bonchev–Trinajstić information content (AvgIpc) is 2.66. The molecule has 2 aromatic rings. The van der Waals surface area contributed by atoms with E-state index in [0.29, 0.717) is 21.5 Å². The van der Waals surface area contributed by atoms with E-state index in [0.717, 1.165) is 10.1 Å². The fourth-order valence-electron chi connectivity index (χ4n) is 1.70. The molecule has 1 aromatic heterocycles. The van der Waals surface area contributed by atoms with Crippen molar-refractivity contribution in [2.24, 2.45) is 5.92 Å². The van der Waals surface area contributed by atoms with Gasteiger partial charge in [-0.15, -0.1) is 11.3 Å². The molecule has 0 aliphatic heterocycles. The van der Waals surface area contributed by atoms with E-state index in [-0.39, 0.29) is 11.9 Å². The molecule has 1 atom stereocenters. The fourth-order valence-corrected chi connectivity index (χ4v) is 2.88. The van der Waals surface area contributed by atoms with Crippen LogP contribution in [0.5, 0.6) is 0 Å². The minimum absolute atomic E-state index is 0.112. The van der Waals surface area contributed by atoms with Crippen LogP contribution in [0.4, 0.5) is 5.69 Å². The Bertz CT molecular complexity index is 621. The number of nitrogens with one attached hydrogen (secondary N) is 1. The van der Waals surface area contributed by atoms with E-state index in [2.05, 4.69) is 19.2 Å². The fraction of sp³-hybridized carbons (Fsp3) is 0.357. The topological polar surface area (TPSA) is 55.1 Å². The second-order valence-corrected chi connectivity index (χ2v) is 6.48. The molecule has 0 spiro atoms. The summed E-state index contributed by atoms with van der Waals surface area (Å²) in [4.78, 5) is 12.8. The van der Waals surface area contributed by atoms with Gasteiger partial charge in [0, 0.05) is 21.2 Å². The molecule has 1 amide bonds. The van der Waals surface area contributed by atoms with E-state index in [4.69, 9.17) is 17.3 Å². The van der Waals surface area contributed by atoms with Gasteiger partial charge in [-0.05, 0) is 31.0 Å². The van der Waals surface area contributed by atoms with Crippen molar-refractivity contribution in [3.8, 4) is 0 Å². The number of amides is 1. The van der Waals surface area contributed by atoms with Crippen molar-refractivity contribution in [3.63, 3.8) is 0 Å². The standard InChI is InChI=1S/C14H17ClN2OS/c1-7(2)8(3)17-14(18)13-12(16)10-6-9(15)4-5-11(10)19-13/h4-8H,16H2,1-3H3,(H,17,18). The van der Waals surface area contributed by atoms with Crippen molar-refractivity contribution in [2.75, 3.05) is 5.73 Å². The van der Waals surface area contributed by atoms with Gasteiger partial charge in [-0.3, -0.25) is 4.79 Å². The number of anilines is 1. The van der Waals surface area contributed by atoms with Crippen molar-refractivity contribution in [3.05, 3.63) is 28.1 Å². The highest BCUT2D eigenvalue weighted by atomic mass is 35.5. The molecule has 0 aliphatic carbocycles. The number of nitrogen functional groups attached to an aromatic ring is 1. The largest absolute Gasteiger partial charge is 0.397 e. The van der Waals surface area contributed by atoms with Gasteiger partial charge in [-0.25, -0.2) is 0 Å². The number of thiophene rings is 1. The van der Waals surface area contributed by atoms with Crippen molar-refractivity contribution < 1.29 is 4.79 Å². The second-order valence-electron chi connectivity index (χ2n) is 4.99. The van der Waals surface area contributed by atoms with Gasteiger partial charge in [0.15, 0.2) is 0 Å². The summed E-state index contributed by atoms with van der Waals surface area (Å²) in [6, 6.07) is 5.60. The highest BCUT2D eigenvalue weighted by molar-refractivity contribution is 7.21. The Balaban J connectivity index is 2.35. The third-order valence-corrected chi connectivity index (χ3v) is 4.67. The highest BCUT2D eigenvalue weighted by Gasteiger charge is 2.19. The zero-order chi connectivity index (χ0) is 14.2. The van der Waals surface area contributed by atoms with Crippen LogP contribution in [-0.4, -0.2) is 11.9 Å². The van der Waals surface area contributed by atoms with Crippen LogP contribution in [0.15, 0.2) is 18.2 Å². The number of halogens is 1. The summed E-state index contributed by atoms with van der Waals surface area (Å²) < 4.78 is 0.976. The van der Waals surface area contributed by atoms with E-state index in [9.17, 15) is 4.79 Å². The molecule has 1 unspecified atom stereocenters. The first-order valence-electron chi connectivity index (χ1n) is 6.18. The Morgan fingerprint density at radius 3 is 2.68 bits per heavy atom. The number of hydrogen-bond acceptors (Lipinski definition) is 3. The lowest BCUT2D eigenvalue weighted by atomic mass is 10.1. The van der Waals surface area contributed by atoms with Crippen LogP contribution in [0.25, 0.3) is 10.1 Å². The summed E-state index contributed by atoms with van der Waals surface area (Å²) in [5, 5.41) is 4.44. The molecule has 1 heterocycles. The number of hydrogen-bond donors (Lipinski definition) is 2. The predicted octanol–water partition coefficient (Wildman–Crippen LogP) is 3.91.